The Morgan fingerprint density at radius 2 is 1.94 bits per heavy atom. The first-order valence-electron chi connectivity index (χ1n) is 7.07. The molecule has 0 radical (unpaired) electrons. The van der Waals surface area contributed by atoms with Crippen LogP contribution in [0.4, 0.5) is 0 Å². The van der Waals surface area contributed by atoms with Crippen LogP contribution in [-0.2, 0) is 4.79 Å². The van der Waals surface area contributed by atoms with Crippen molar-refractivity contribution in [2.45, 2.75) is 44.6 Å². The minimum absolute atomic E-state index is 0.149. The molecule has 1 amide bonds. The number of hydrogen-bond acceptors (Lipinski definition) is 3. The first-order valence-corrected chi connectivity index (χ1v) is 7.07. The molecule has 2 rings (SSSR count). The van der Waals surface area contributed by atoms with Crippen LogP contribution in [0.1, 0.15) is 38.5 Å². The summed E-state index contributed by atoms with van der Waals surface area (Å²) in [4.78, 5) is 14.0. The molecular formula is C13H25N3O. The normalized spacial score (nSPS) is 21.4. The molecule has 98 valence electrons. The Kier molecular flexibility index (Phi) is 5.26. The van der Waals surface area contributed by atoms with Crippen molar-refractivity contribution in [3.63, 3.8) is 0 Å². The van der Waals surface area contributed by atoms with Crippen LogP contribution in [0, 0.1) is 0 Å². The van der Waals surface area contributed by atoms with Crippen LogP contribution in [0.25, 0.3) is 0 Å². The molecule has 4 heteroatoms. The summed E-state index contributed by atoms with van der Waals surface area (Å²) >= 11 is 0. The van der Waals surface area contributed by atoms with Crippen LogP contribution in [0.5, 0.6) is 0 Å². The van der Waals surface area contributed by atoms with E-state index in [9.17, 15) is 4.79 Å². The van der Waals surface area contributed by atoms with Gasteiger partial charge in [0.05, 0.1) is 6.54 Å². The van der Waals surface area contributed by atoms with E-state index in [4.69, 9.17) is 0 Å². The molecule has 0 bridgehead atoms. The van der Waals surface area contributed by atoms with Crippen LogP contribution >= 0.6 is 0 Å². The highest BCUT2D eigenvalue weighted by Gasteiger charge is 2.20. The highest BCUT2D eigenvalue weighted by molar-refractivity contribution is 5.78. The second-order valence-electron chi connectivity index (χ2n) is 5.26. The number of rotatable bonds is 7. The molecule has 0 aromatic rings. The maximum Gasteiger partial charge on any atom is 0.233 e. The van der Waals surface area contributed by atoms with Crippen LogP contribution in [0.3, 0.4) is 0 Å². The number of carbonyl (C=O) groups is 1. The van der Waals surface area contributed by atoms with Crippen molar-refractivity contribution in [1.82, 2.24) is 15.5 Å². The van der Waals surface area contributed by atoms with Crippen LogP contribution in [0.2, 0.25) is 0 Å². The van der Waals surface area contributed by atoms with Gasteiger partial charge in [-0.25, -0.2) is 0 Å². The van der Waals surface area contributed by atoms with Gasteiger partial charge in [-0.3, -0.25) is 4.79 Å². The Morgan fingerprint density at radius 3 is 2.65 bits per heavy atom. The molecule has 0 atom stereocenters. The maximum absolute atomic E-state index is 11.4. The third-order valence-electron chi connectivity index (χ3n) is 3.55. The third-order valence-corrected chi connectivity index (χ3v) is 3.55. The number of likely N-dealkylation sites (tertiary alicyclic amines) is 1. The van der Waals surface area contributed by atoms with Gasteiger partial charge in [-0.15, -0.1) is 0 Å². The highest BCUT2D eigenvalue weighted by atomic mass is 16.1. The lowest BCUT2D eigenvalue weighted by Crippen LogP contribution is -2.37. The minimum atomic E-state index is 0.149. The van der Waals surface area contributed by atoms with Crippen molar-refractivity contribution < 1.29 is 4.79 Å². The van der Waals surface area contributed by atoms with Crippen LogP contribution < -0.4 is 10.6 Å². The van der Waals surface area contributed by atoms with Gasteiger partial charge in [-0.2, -0.15) is 0 Å². The van der Waals surface area contributed by atoms with Gasteiger partial charge in [-0.05, 0) is 51.7 Å². The zero-order valence-corrected chi connectivity index (χ0v) is 10.7. The van der Waals surface area contributed by atoms with Crippen molar-refractivity contribution >= 4 is 5.91 Å². The monoisotopic (exact) mass is 239 g/mol. The largest absolute Gasteiger partial charge is 0.355 e. The van der Waals surface area contributed by atoms with E-state index in [0.29, 0.717) is 12.6 Å². The lowest BCUT2D eigenvalue weighted by Gasteiger charge is -2.26. The second-order valence-corrected chi connectivity index (χ2v) is 5.26. The van der Waals surface area contributed by atoms with Gasteiger partial charge < -0.3 is 15.5 Å². The maximum atomic E-state index is 11.4. The van der Waals surface area contributed by atoms with E-state index in [1.54, 1.807) is 0 Å². The summed E-state index contributed by atoms with van der Waals surface area (Å²) in [5, 5.41) is 6.20. The Labute approximate surface area is 104 Å². The SMILES string of the molecule is O=C(CNC1CC1)NCCCN1CCCCC1. The summed E-state index contributed by atoms with van der Waals surface area (Å²) in [5.74, 6) is 0.149. The van der Waals surface area contributed by atoms with Crippen molar-refractivity contribution in [2.24, 2.45) is 0 Å². The number of nitrogens with one attached hydrogen (secondary N) is 2. The smallest absolute Gasteiger partial charge is 0.233 e. The molecular weight excluding hydrogens is 214 g/mol. The van der Waals surface area contributed by atoms with Crippen molar-refractivity contribution in [3.8, 4) is 0 Å². The average Bonchev–Trinajstić information content (AvgIpc) is 3.17. The molecule has 0 aromatic heterocycles. The number of nitrogens with zero attached hydrogens (tertiary/aromatic N) is 1. The van der Waals surface area contributed by atoms with E-state index >= 15 is 0 Å². The molecule has 1 saturated carbocycles. The molecule has 0 aromatic carbocycles. The van der Waals surface area contributed by atoms with Crippen molar-refractivity contribution in [3.05, 3.63) is 0 Å². The van der Waals surface area contributed by atoms with Gasteiger partial charge in [0.15, 0.2) is 0 Å². The number of piperidine rings is 1. The first-order chi connectivity index (χ1) is 8.34. The van der Waals surface area contributed by atoms with Gasteiger partial charge in [0.2, 0.25) is 5.91 Å². The summed E-state index contributed by atoms with van der Waals surface area (Å²) in [7, 11) is 0. The second kappa shape index (κ2) is 6.97. The Bertz CT molecular complexity index is 235. The van der Waals surface area contributed by atoms with Gasteiger partial charge in [0.1, 0.15) is 0 Å². The Morgan fingerprint density at radius 1 is 1.18 bits per heavy atom. The van der Waals surface area contributed by atoms with E-state index < -0.39 is 0 Å². The standard InChI is InChI=1S/C13H25N3O/c17-13(11-15-12-5-6-12)14-7-4-10-16-8-2-1-3-9-16/h12,15H,1-11H2,(H,14,17). The van der Waals surface area contributed by atoms with Gasteiger partial charge in [0.25, 0.3) is 0 Å². The first kappa shape index (κ1) is 12.8. The van der Waals surface area contributed by atoms with Crippen molar-refractivity contribution in [2.75, 3.05) is 32.7 Å². The lowest BCUT2D eigenvalue weighted by molar-refractivity contribution is -0.120. The van der Waals surface area contributed by atoms with E-state index in [1.165, 1.54) is 45.2 Å². The summed E-state index contributed by atoms with van der Waals surface area (Å²) in [5.41, 5.74) is 0. The predicted molar refractivity (Wildman–Crippen MR) is 68.9 cm³/mol. The molecule has 0 unspecified atom stereocenters. The summed E-state index contributed by atoms with van der Waals surface area (Å²) in [6, 6.07) is 0.620. The quantitative estimate of drug-likeness (QED) is 0.644. The Hall–Kier alpha value is -0.610. The molecule has 2 N–H and O–H groups in total. The number of hydrogen-bond donors (Lipinski definition) is 2. The van der Waals surface area contributed by atoms with Crippen LogP contribution in [0.15, 0.2) is 0 Å². The lowest BCUT2D eigenvalue weighted by atomic mass is 10.1. The predicted octanol–water partition coefficient (Wildman–Crippen LogP) is 0.731. The molecule has 1 heterocycles. The molecule has 2 aliphatic rings. The summed E-state index contributed by atoms with van der Waals surface area (Å²) < 4.78 is 0. The van der Waals surface area contributed by atoms with Gasteiger partial charge in [-0.1, -0.05) is 6.42 Å². The molecule has 1 aliphatic carbocycles. The average molecular weight is 239 g/mol. The zero-order chi connectivity index (χ0) is 11.9. The fraction of sp³-hybridized carbons (Fsp3) is 0.923. The van der Waals surface area contributed by atoms with E-state index in [-0.39, 0.29) is 5.91 Å². The molecule has 17 heavy (non-hydrogen) atoms. The van der Waals surface area contributed by atoms with E-state index in [1.807, 2.05) is 0 Å². The topological polar surface area (TPSA) is 44.4 Å². The summed E-state index contributed by atoms with van der Waals surface area (Å²) in [6.45, 7) is 4.95. The van der Waals surface area contributed by atoms with E-state index in [2.05, 4.69) is 15.5 Å². The highest BCUT2D eigenvalue weighted by Crippen LogP contribution is 2.17. The fourth-order valence-electron chi connectivity index (χ4n) is 2.30. The fourth-order valence-corrected chi connectivity index (χ4v) is 2.30. The molecule has 0 spiro atoms. The molecule has 4 nitrogen and oxygen atoms in total. The molecule has 1 aliphatic heterocycles. The van der Waals surface area contributed by atoms with Gasteiger partial charge in [0, 0.05) is 12.6 Å². The summed E-state index contributed by atoms with van der Waals surface area (Å²) in [6.07, 6.45) is 7.63. The van der Waals surface area contributed by atoms with E-state index in [0.717, 1.165) is 19.5 Å². The van der Waals surface area contributed by atoms with Gasteiger partial charge >= 0.3 is 0 Å². The molecule has 2 fully saturated rings. The molecule has 1 saturated heterocycles. The van der Waals surface area contributed by atoms with Crippen LogP contribution in [-0.4, -0.2) is 49.6 Å². The number of carbonyl (C=O) groups excluding carboxylic acids is 1. The zero-order valence-electron chi connectivity index (χ0n) is 10.7. The minimum Gasteiger partial charge on any atom is -0.355 e. The Balaban J connectivity index is 1.42. The van der Waals surface area contributed by atoms with Crippen molar-refractivity contribution in [1.29, 1.82) is 0 Å². The third kappa shape index (κ3) is 5.50. The number of amides is 1.